The number of rotatable bonds is 6. The summed E-state index contributed by atoms with van der Waals surface area (Å²) >= 11 is 5.76. The number of hydrogen-bond donors (Lipinski definition) is 1. The van der Waals surface area contributed by atoms with Gasteiger partial charge in [0.2, 0.25) is 0 Å². The summed E-state index contributed by atoms with van der Waals surface area (Å²) in [7, 11) is 2.83. The van der Waals surface area contributed by atoms with Gasteiger partial charge in [0, 0.05) is 16.8 Å². The van der Waals surface area contributed by atoms with E-state index in [9.17, 15) is 4.79 Å². The zero-order valence-corrected chi connectivity index (χ0v) is 10.8. The van der Waals surface area contributed by atoms with E-state index in [0.29, 0.717) is 16.2 Å². The summed E-state index contributed by atoms with van der Waals surface area (Å²) in [5, 5.41) is 4.12. The minimum atomic E-state index is -0.225. The van der Waals surface area contributed by atoms with Crippen LogP contribution in [0.25, 0.3) is 0 Å². The van der Waals surface area contributed by atoms with Crippen molar-refractivity contribution >= 4 is 23.6 Å². The number of hydrogen-bond acceptors (Lipinski definition) is 5. The summed E-state index contributed by atoms with van der Waals surface area (Å²) in [6.07, 6.45) is 2.68. The van der Waals surface area contributed by atoms with Gasteiger partial charge in [-0.1, -0.05) is 16.8 Å². The molecular formula is C12H13ClN2O3. The van der Waals surface area contributed by atoms with Gasteiger partial charge in [0.1, 0.15) is 7.11 Å². The summed E-state index contributed by atoms with van der Waals surface area (Å²) < 4.78 is 0. The fourth-order valence-electron chi connectivity index (χ4n) is 1.16. The van der Waals surface area contributed by atoms with E-state index in [1.807, 2.05) is 0 Å². The van der Waals surface area contributed by atoms with Gasteiger partial charge < -0.3 is 4.84 Å². The van der Waals surface area contributed by atoms with E-state index < -0.39 is 0 Å². The van der Waals surface area contributed by atoms with Crippen molar-refractivity contribution in [2.45, 2.75) is 0 Å². The van der Waals surface area contributed by atoms with Gasteiger partial charge in [-0.05, 0) is 24.3 Å². The van der Waals surface area contributed by atoms with Crippen molar-refractivity contribution in [3.05, 3.63) is 46.6 Å². The number of hydroxylamine groups is 1. The smallest absolute Gasteiger partial charge is 0.196 e. The number of halogens is 1. The van der Waals surface area contributed by atoms with Crippen LogP contribution in [0.15, 0.2) is 41.2 Å². The van der Waals surface area contributed by atoms with Gasteiger partial charge in [0.05, 0.1) is 18.9 Å². The van der Waals surface area contributed by atoms with Gasteiger partial charge in [-0.25, -0.2) is 0 Å². The van der Waals surface area contributed by atoms with Crippen molar-refractivity contribution in [1.29, 1.82) is 0 Å². The maximum Gasteiger partial charge on any atom is 0.196 e. The number of carbonyl (C=O) groups is 1. The first-order valence-electron chi connectivity index (χ1n) is 5.04. The van der Waals surface area contributed by atoms with Crippen molar-refractivity contribution in [3.8, 4) is 0 Å². The average Bonchev–Trinajstić information content (AvgIpc) is 2.39. The second-order valence-corrected chi connectivity index (χ2v) is 3.61. The fraction of sp³-hybridized carbons (Fsp3) is 0.167. The van der Waals surface area contributed by atoms with Crippen LogP contribution in [0.2, 0.25) is 5.02 Å². The van der Waals surface area contributed by atoms with E-state index in [1.165, 1.54) is 26.6 Å². The third kappa shape index (κ3) is 4.20. The number of nitrogens with one attached hydrogen (secondary N) is 1. The van der Waals surface area contributed by atoms with Crippen LogP contribution in [0.4, 0.5) is 0 Å². The maximum absolute atomic E-state index is 12.1. The largest absolute Gasteiger partial charge is 0.399 e. The molecule has 1 rings (SSSR count). The minimum Gasteiger partial charge on any atom is -0.399 e. The van der Waals surface area contributed by atoms with E-state index in [4.69, 9.17) is 11.6 Å². The number of benzene rings is 1. The molecule has 0 heterocycles. The SMILES string of the molecule is CO/N=C\C(=C/NOC)C(=O)c1ccc(Cl)cc1. The molecule has 1 aromatic rings. The third-order valence-corrected chi connectivity index (χ3v) is 2.25. The predicted molar refractivity (Wildman–Crippen MR) is 69.5 cm³/mol. The highest BCUT2D eigenvalue weighted by atomic mass is 35.5. The number of allylic oxidation sites excluding steroid dienone is 1. The molecular weight excluding hydrogens is 256 g/mol. The van der Waals surface area contributed by atoms with Gasteiger partial charge >= 0.3 is 0 Å². The molecule has 6 heteroatoms. The van der Waals surface area contributed by atoms with Crippen molar-refractivity contribution in [3.63, 3.8) is 0 Å². The fourth-order valence-corrected chi connectivity index (χ4v) is 1.29. The monoisotopic (exact) mass is 268 g/mol. The normalized spacial score (nSPS) is 11.6. The zero-order chi connectivity index (χ0) is 13.4. The summed E-state index contributed by atoms with van der Waals surface area (Å²) in [6.45, 7) is 0. The topological polar surface area (TPSA) is 59.9 Å². The van der Waals surface area contributed by atoms with Gasteiger partial charge in [0.25, 0.3) is 0 Å². The molecule has 0 saturated carbocycles. The number of Topliss-reactive ketones (excluding diaryl/α,β-unsaturated/α-hetero) is 1. The molecule has 5 nitrogen and oxygen atoms in total. The van der Waals surface area contributed by atoms with Gasteiger partial charge in [-0.3, -0.25) is 15.1 Å². The molecule has 0 fully saturated rings. The lowest BCUT2D eigenvalue weighted by Gasteiger charge is -2.02. The Bertz CT molecular complexity index is 455. The summed E-state index contributed by atoms with van der Waals surface area (Å²) in [4.78, 5) is 21.3. The Morgan fingerprint density at radius 2 is 2.00 bits per heavy atom. The summed E-state index contributed by atoms with van der Waals surface area (Å²) in [5.41, 5.74) is 3.25. The molecule has 0 radical (unpaired) electrons. The highest BCUT2D eigenvalue weighted by Gasteiger charge is 2.10. The van der Waals surface area contributed by atoms with Crippen LogP contribution in [0, 0.1) is 0 Å². The summed E-state index contributed by atoms with van der Waals surface area (Å²) in [5.74, 6) is -0.225. The molecule has 0 aromatic heterocycles. The third-order valence-electron chi connectivity index (χ3n) is 2.00. The quantitative estimate of drug-likeness (QED) is 0.372. The lowest BCUT2D eigenvalue weighted by molar-refractivity contribution is 0.102. The Kier molecular flexibility index (Phi) is 5.90. The van der Waals surface area contributed by atoms with Gasteiger partial charge in [-0.2, -0.15) is 0 Å². The Morgan fingerprint density at radius 1 is 1.33 bits per heavy atom. The lowest BCUT2D eigenvalue weighted by Crippen LogP contribution is -2.11. The predicted octanol–water partition coefficient (Wildman–Crippen LogP) is 2.19. The first-order valence-corrected chi connectivity index (χ1v) is 5.42. The van der Waals surface area contributed by atoms with Crippen LogP contribution >= 0.6 is 11.6 Å². The zero-order valence-electron chi connectivity index (χ0n) is 10.0. The van der Waals surface area contributed by atoms with E-state index in [1.54, 1.807) is 24.3 Å². The Labute approximate surface area is 110 Å². The number of ketones is 1. The van der Waals surface area contributed by atoms with Crippen molar-refractivity contribution in [2.75, 3.05) is 14.2 Å². The van der Waals surface area contributed by atoms with Crippen LogP contribution in [-0.2, 0) is 9.68 Å². The van der Waals surface area contributed by atoms with Crippen LogP contribution in [0.3, 0.4) is 0 Å². The molecule has 0 aliphatic rings. The molecule has 96 valence electrons. The van der Waals surface area contributed by atoms with E-state index in [2.05, 4.69) is 20.3 Å². The molecule has 0 unspecified atom stereocenters. The standard InChI is InChI=1S/C12H13ClN2O3/c1-17-14-7-10(8-15-18-2)12(16)9-3-5-11(13)6-4-9/h3-8,14H,1-2H3/b10-7+,15-8-. The van der Waals surface area contributed by atoms with Crippen molar-refractivity contribution in [2.24, 2.45) is 5.16 Å². The first kappa shape index (κ1) is 14.2. The second-order valence-electron chi connectivity index (χ2n) is 3.17. The van der Waals surface area contributed by atoms with E-state index in [0.717, 1.165) is 0 Å². The van der Waals surface area contributed by atoms with Crippen LogP contribution in [0.1, 0.15) is 10.4 Å². The highest BCUT2D eigenvalue weighted by Crippen LogP contribution is 2.12. The number of nitrogens with zero attached hydrogens (tertiary/aromatic N) is 1. The molecule has 0 aliphatic carbocycles. The number of carbonyl (C=O) groups excluding carboxylic acids is 1. The van der Waals surface area contributed by atoms with Gasteiger partial charge in [-0.15, -0.1) is 0 Å². The van der Waals surface area contributed by atoms with Crippen LogP contribution < -0.4 is 5.48 Å². The van der Waals surface area contributed by atoms with Crippen LogP contribution in [0.5, 0.6) is 0 Å². The lowest BCUT2D eigenvalue weighted by atomic mass is 10.1. The molecule has 0 spiro atoms. The van der Waals surface area contributed by atoms with E-state index in [-0.39, 0.29) is 5.78 Å². The molecule has 18 heavy (non-hydrogen) atoms. The number of oxime groups is 1. The van der Waals surface area contributed by atoms with Gasteiger partial charge in [0.15, 0.2) is 5.78 Å². The molecule has 0 atom stereocenters. The van der Waals surface area contributed by atoms with Crippen LogP contribution in [-0.4, -0.2) is 26.2 Å². The Hall–Kier alpha value is -1.85. The Morgan fingerprint density at radius 3 is 2.56 bits per heavy atom. The first-order chi connectivity index (χ1) is 8.69. The highest BCUT2D eigenvalue weighted by molar-refractivity contribution is 6.30. The molecule has 1 aromatic carbocycles. The van der Waals surface area contributed by atoms with Crippen molar-refractivity contribution in [1.82, 2.24) is 5.48 Å². The average molecular weight is 269 g/mol. The molecule has 0 saturated heterocycles. The molecule has 0 amide bonds. The minimum absolute atomic E-state index is 0.225. The summed E-state index contributed by atoms with van der Waals surface area (Å²) in [6, 6.07) is 6.55. The molecule has 0 aliphatic heterocycles. The Balaban J connectivity index is 2.94. The second kappa shape index (κ2) is 7.47. The van der Waals surface area contributed by atoms with Crippen molar-refractivity contribution < 1.29 is 14.5 Å². The van der Waals surface area contributed by atoms with E-state index >= 15 is 0 Å². The maximum atomic E-state index is 12.1. The molecule has 1 N–H and O–H groups in total. The molecule has 0 bridgehead atoms.